The first kappa shape index (κ1) is 20.4. The standard InChI is InChI=1S/C19H18Cl2N4O2S/c1-12(26)23-15(16-6-3-9-28-16)10-18(27)24-17-7-8-22-25(17)11-13-4-2-5-14(20)19(13)21/h2-9,15H,10-11H2,1H3,(H,23,26)(H,24,27)/t15-/m0/s1. The lowest BCUT2D eigenvalue weighted by atomic mass is 10.1. The summed E-state index contributed by atoms with van der Waals surface area (Å²) in [5.41, 5.74) is 0.795. The quantitative estimate of drug-likeness (QED) is 0.571. The maximum atomic E-state index is 12.6. The van der Waals surface area contributed by atoms with Crippen LogP contribution in [0.2, 0.25) is 10.0 Å². The molecule has 0 aliphatic heterocycles. The average molecular weight is 437 g/mol. The van der Waals surface area contributed by atoms with E-state index in [9.17, 15) is 9.59 Å². The lowest BCUT2D eigenvalue weighted by molar-refractivity contribution is -0.120. The molecule has 0 unspecified atom stereocenters. The fourth-order valence-electron chi connectivity index (χ4n) is 2.73. The minimum atomic E-state index is -0.378. The minimum Gasteiger partial charge on any atom is -0.348 e. The van der Waals surface area contributed by atoms with Crippen LogP contribution in [0.15, 0.2) is 48.0 Å². The summed E-state index contributed by atoms with van der Waals surface area (Å²) in [4.78, 5) is 25.0. The number of hydrogen-bond acceptors (Lipinski definition) is 4. The van der Waals surface area contributed by atoms with Crippen molar-refractivity contribution in [1.82, 2.24) is 15.1 Å². The maximum Gasteiger partial charge on any atom is 0.227 e. The molecule has 2 heterocycles. The van der Waals surface area contributed by atoms with Gasteiger partial charge < -0.3 is 10.6 Å². The SMILES string of the molecule is CC(=O)N[C@@H](CC(=O)Nc1ccnn1Cc1cccc(Cl)c1Cl)c1cccs1. The van der Waals surface area contributed by atoms with Gasteiger partial charge in [-0.1, -0.05) is 41.4 Å². The Kier molecular flexibility index (Phi) is 6.72. The number of anilines is 1. The lowest BCUT2D eigenvalue weighted by Gasteiger charge is -2.16. The van der Waals surface area contributed by atoms with Crippen LogP contribution in [0.3, 0.4) is 0 Å². The van der Waals surface area contributed by atoms with Crippen molar-refractivity contribution in [3.05, 3.63) is 68.5 Å². The Hall–Kier alpha value is -2.35. The number of halogens is 2. The normalized spacial score (nSPS) is 11.8. The third-order valence-electron chi connectivity index (χ3n) is 3.99. The van der Waals surface area contributed by atoms with Crippen molar-refractivity contribution in [2.75, 3.05) is 5.32 Å². The van der Waals surface area contributed by atoms with E-state index < -0.39 is 0 Å². The number of benzene rings is 1. The van der Waals surface area contributed by atoms with Crippen LogP contribution in [0.4, 0.5) is 5.82 Å². The van der Waals surface area contributed by atoms with Gasteiger partial charge >= 0.3 is 0 Å². The van der Waals surface area contributed by atoms with Crippen LogP contribution in [0.25, 0.3) is 0 Å². The van der Waals surface area contributed by atoms with E-state index in [0.29, 0.717) is 22.4 Å². The van der Waals surface area contributed by atoms with Gasteiger partial charge in [0.25, 0.3) is 0 Å². The van der Waals surface area contributed by atoms with Crippen molar-refractivity contribution in [2.45, 2.75) is 25.9 Å². The van der Waals surface area contributed by atoms with Crippen LogP contribution in [0.5, 0.6) is 0 Å². The molecule has 0 radical (unpaired) electrons. The summed E-state index contributed by atoms with van der Waals surface area (Å²) in [6, 6.07) is 10.5. The van der Waals surface area contributed by atoms with E-state index in [1.807, 2.05) is 29.6 Å². The first-order chi connectivity index (χ1) is 13.4. The zero-order valence-electron chi connectivity index (χ0n) is 15.0. The number of rotatable bonds is 7. The Labute approximate surface area is 176 Å². The highest BCUT2D eigenvalue weighted by Crippen LogP contribution is 2.27. The molecule has 0 bridgehead atoms. The molecule has 3 aromatic rings. The Morgan fingerprint density at radius 2 is 2.04 bits per heavy atom. The molecule has 9 heteroatoms. The molecule has 1 atom stereocenters. The van der Waals surface area contributed by atoms with E-state index in [0.717, 1.165) is 10.4 Å². The third-order valence-corrected chi connectivity index (χ3v) is 5.83. The highest BCUT2D eigenvalue weighted by atomic mass is 35.5. The number of carbonyl (C=O) groups excluding carboxylic acids is 2. The summed E-state index contributed by atoms with van der Waals surface area (Å²) < 4.78 is 1.63. The number of carbonyl (C=O) groups is 2. The number of aromatic nitrogens is 2. The molecule has 146 valence electrons. The predicted octanol–water partition coefficient (Wildman–Crippen LogP) is 4.51. The van der Waals surface area contributed by atoms with Crippen LogP contribution >= 0.6 is 34.5 Å². The average Bonchev–Trinajstić information content (AvgIpc) is 3.30. The Morgan fingerprint density at radius 1 is 1.21 bits per heavy atom. The second-order valence-electron chi connectivity index (χ2n) is 6.11. The Morgan fingerprint density at radius 3 is 2.75 bits per heavy atom. The predicted molar refractivity (Wildman–Crippen MR) is 112 cm³/mol. The molecule has 28 heavy (non-hydrogen) atoms. The van der Waals surface area contributed by atoms with Gasteiger partial charge in [0, 0.05) is 17.9 Å². The first-order valence-electron chi connectivity index (χ1n) is 8.49. The molecule has 0 spiro atoms. The van der Waals surface area contributed by atoms with E-state index in [4.69, 9.17) is 23.2 Å². The molecule has 0 saturated carbocycles. The number of amides is 2. The van der Waals surface area contributed by atoms with Crippen LogP contribution in [-0.4, -0.2) is 21.6 Å². The summed E-state index contributed by atoms with van der Waals surface area (Å²) in [6.45, 7) is 1.80. The second-order valence-corrected chi connectivity index (χ2v) is 7.87. The Balaban J connectivity index is 1.70. The topological polar surface area (TPSA) is 76.0 Å². The van der Waals surface area contributed by atoms with E-state index >= 15 is 0 Å². The highest BCUT2D eigenvalue weighted by molar-refractivity contribution is 7.10. The summed E-state index contributed by atoms with van der Waals surface area (Å²) in [5.74, 6) is 0.117. The number of nitrogens with one attached hydrogen (secondary N) is 2. The first-order valence-corrected chi connectivity index (χ1v) is 10.1. The van der Waals surface area contributed by atoms with Gasteiger partial charge in [0.05, 0.1) is 35.2 Å². The van der Waals surface area contributed by atoms with Crippen LogP contribution < -0.4 is 10.6 Å². The molecule has 1 aromatic carbocycles. The zero-order valence-corrected chi connectivity index (χ0v) is 17.3. The number of thiophene rings is 1. The maximum absolute atomic E-state index is 12.6. The van der Waals surface area contributed by atoms with Crippen LogP contribution in [0, 0.1) is 0 Å². The van der Waals surface area contributed by atoms with Crippen molar-refractivity contribution >= 4 is 52.2 Å². The van der Waals surface area contributed by atoms with Gasteiger partial charge in [0.2, 0.25) is 11.8 Å². The van der Waals surface area contributed by atoms with Crippen molar-refractivity contribution in [3.8, 4) is 0 Å². The van der Waals surface area contributed by atoms with Crippen molar-refractivity contribution in [2.24, 2.45) is 0 Å². The highest BCUT2D eigenvalue weighted by Gasteiger charge is 2.19. The minimum absolute atomic E-state index is 0.114. The molecular formula is C19H18Cl2N4O2S. The van der Waals surface area contributed by atoms with Gasteiger partial charge in [-0.2, -0.15) is 5.10 Å². The van der Waals surface area contributed by atoms with Crippen molar-refractivity contribution < 1.29 is 9.59 Å². The Bertz CT molecular complexity index is 972. The summed E-state index contributed by atoms with van der Waals surface area (Å²) in [7, 11) is 0. The molecule has 6 nitrogen and oxygen atoms in total. The zero-order chi connectivity index (χ0) is 20.1. The summed E-state index contributed by atoms with van der Waals surface area (Å²) >= 11 is 13.8. The van der Waals surface area contributed by atoms with Crippen LogP contribution in [-0.2, 0) is 16.1 Å². The van der Waals surface area contributed by atoms with Crippen LogP contribution in [0.1, 0.15) is 29.8 Å². The molecular weight excluding hydrogens is 419 g/mol. The van der Waals surface area contributed by atoms with Gasteiger partial charge in [-0.25, -0.2) is 4.68 Å². The largest absolute Gasteiger partial charge is 0.348 e. The van der Waals surface area contributed by atoms with Crippen molar-refractivity contribution in [1.29, 1.82) is 0 Å². The van der Waals surface area contributed by atoms with Gasteiger partial charge in [-0.3, -0.25) is 9.59 Å². The molecule has 3 rings (SSSR count). The number of hydrogen-bond donors (Lipinski definition) is 2. The molecule has 2 N–H and O–H groups in total. The summed E-state index contributed by atoms with van der Waals surface area (Å²) in [5, 5.41) is 12.7. The number of nitrogens with zero attached hydrogens (tertiary/aromatic N) is 2. The van der Waals surface area contributed by atoms with Gasteiger partial charge in [0.15, 0.2) is 0 Å². The summed E-state index contributed by atoms with van der Waals surface area (Å²) in [6.07, 6.45) is 1.71. The van der Waals surface area contributed by atoms with E-state index in [1.165, 1.54) is 18.3 Å². The van der Waals surface area contributed by atoms with Gasteiger partial charge in [0.1, 0.15) is 5.82 Å². The molecule has 2 amide bonds. The molecule has 0 fully saturated rings. The fourth-order valence-corrected chi connectivity index (χ4v) is 3.89. The van der Waals surface area contributed by atoms with E-state index in [2.05, 4.69) is 15.7 Å². The van der Waals surface area contributed by atoms with Crippen molar-refractivity contribution in [3.63, 3.8) is 0 Å². The lowest BCUT2D eigenvalue weighted by Crippen LogP contribution is -2.29. The van der Waals surface area contributed by atoms with Gasteiger partial charge in [-0.05, 0) is 23.1 Å². The molecule has 0 saturated heterocycles. The fraction of sp³-hybridized carbons (Fsp3) is 0.211. The monoisotopic (exact) mass is 436 g/mol. The third kappa shape index (κ3) is 5.13. The second kappa shape index (κ2) is 9.23. The van der Waals surface area contributed by atoms with Gasteiger partial charge in [-0.15, -0.1) is 11.3 Å². The smallest absolute Gasteiger partial charge is 0.227 e. The molecule has 0 aliphatic carbocycles. The molecule has 0 aliphatic rings. The van der Waals surface area contributed by atoms with E-state index in [1.54, 1.807) is 23.0 Å². The van der Waals surface area contributed by atoms with E-state index in [-0.39, 0.29) is 24.3 Å². The molecule has 2 aromatic heterocycles.